The number of aromatic amines is 1. The summed E-state index contributed by atoms with van der Waals surface area (Å²) < 4.78 is 0. The molecule has 0 amide bonds. The van der Waals surface area contributed by atoms with Crippen LogP contribution in [0, 0.1) is 5.21 Å². The Morgan fingerprint density at radius 2 is 2.30 bits per heavy atom. The van der Waals surface area contributed by atoms with Crippen LogP contribution in [0.3, 0.4) is 0 Å². The Hall–Kier alpha value is -1.49. The van der Waals surface area contributed by atoms with Crippen LogP contribution in [0.5, 0.6) is 0 Å². The van der Waals surface area contributed by atoms with Crippen LogP contribution in [0.2, 0.25) is 0 Å². The van der Waals surface area contributed by atoms with Crippen molar-refractivity contribution in [1.82, 2.24) is 4.98 Å². The Kier molecular flexibility index (Phi) is 1.59. The Balaban J connectivity index is 3.19. The van der Waals surface area contributed by atoms with E-state index in [9.17, 15) is 10.0 Å². The molecule has 4 N–H and O–H groups in total. The quantitative estimate of drug-likeness (QED) is 0.473. The molecule has 10 heavy (non-hydrogen) atoms. The molecule has 0 bridgehead atoms. The minimum Gasteiger partial charge on any atom is -0.761 e. The van der Waals surface area contributed by atoms with Gasteiger partial charge in [-0.15, -0.1) is 0 Å². The lowest BCUT2D eigenvalue weighted by atomic mass is 10.4. The van der Waals surface area contributed by atoms with Gasteiger partial charge in [-0.3, -0.25) is 4.79 Å². The fourth-order valence-corrected chi connectivity index (χ4v) is 0.580. The van der Waals surface area contributed by atoms with Crippen LogP contribution in [0.25, 0.3) is 0 Å². The van der Waals surface area contributed by atoms with Gasteiger partial charge in [0.1, 0.15) is 5.82 Å². The summed E-state index contributed by atoms with van der Waals surface area (Å²) in [7, 11) is 0. The average molecular weight is 140 g/mol. The summed E-state index contributed by atoms with van der Waals surface area (Å²) in [5.41, 5.74) is 6.65. The van der Waals surface area contributed by atoms with Crippen molar-refractivity contribution in [2.45, 2.75) is 0 Å². The van der Waals surface area contributed by atoms with Crippen LogP contribution in [0.15, 0.2) is 16.9 Å². The van der Waals surface area contributed by atoms with Crippen molar-refractivity contribution < 1.29 is 0 Å². The molecule has 0 unspecified atom stereocenters. The standard InChI is InChI=1S/C5H6N3O2/c6-5-3(8-10)1-2-4(9)7-5/h1-2,8H,(H3,6,7,9)/q-1. The molecule has 5 nitrogen and oxygen atoms in total. The normalized spacial score (nSPS) is 9.30. The molecule has 0 atom stereocenters. The monoisotopic (exact) mass is 140 g/mol. The zero-order chi connectivity index (χ0) is 7.56. The van der Waals surface area contributed by atoms with Gasteiger partial charge in [-0.25, -0.2) is 0 Å². The average Bonchev–Trinajstić information content (AvgIpc) is 1.88. The number of nitrogens with two attached hydrogens (primary N) is 1. The molecule has 1 heterocycles. The number of nitrogen functional groups attached to an aromatic ring is 1. The molecule has 0 aliphatic carbocycles. The summed E-state index contributed by atoms with van der Waals surface area (Å²) in [6.07, 6.45) is 0. The third kappa shape index (κ3) is 1.08. The SMILES string of the molecule is Nc1[nH]c(=O)ccc1N[O-]. The predicted octanol–water partition coefficient (Wildman–Crippen LogP) is -0.133. The van der Waals surface area contributed by atoms with Crippen molar-refractivity contribution in [3.8, 4) is 0 Å². The molecule has 0 aliphatic heterocycles. The Labute approximate surface area is 56.5 Å². The van der Waals surface area contributed by atoms with Gasteiger partial charge in [0.2, 0.25) is 5.56 Å². The Bertz CT molecular complexity index is 280. The first kappa shape index (κ1) is 6.63. The van der Waals surface area contributed by atoms with Gasteiger partial charge >= 0.3 is 0 Å². The van der Waals surface area contributed by atoms with Gasteiger partial charge in [0.25, 0.3) is 0 Å². The van der Waals surface area contributed by atoms with E-state index in [0.29, 0.717) is 0 Å². The van der Waals surface area contributed by atoms with Crippen LogP contribution in [-0.2, 0) is 0 Å². The van der Waals surface area contributed by atoms with Crippen molar-refractivity contribution >= 4 is 11.5 Å². The predicted molar refractivity (Wildman–Crippen MR) is 38.5 cm³/mol. The van der Waals surface area contributed by atoms with E-state index < -0.39 is 0 Å². The van der Waals surface area contributed by atoms with E-state index in [1.54, 1.807) is 5.48 Å². The zero-order valence-electron chi connectivity index (χ0n) is 5.05. The number of rotatable bonds is 1. The van der Waals surface area contributed by atoms with Crippen molar-refractivity contribution in [3.63, 3.8) is 0 Å². The molecule has 0 saturated carbocycles. The van der Waals surface area contributed by atoms with Gasteiger partial charge in [0, 0.05) is 6.07 Å². The number of hydrogen-bond acceptors (Lipinski definition) is 4. The van der Waals surface area contributed by atoms with Crippen molar-refractivity contribution in [2.75, 3.05) is 11.2 Å². The van der Waals surface area contributed by atoms with E-state index in [1.165, 1.54) is 12.1 Å². The van der Waals surface area contributed by atoms with Crippen LogP contribution in [-0.4, -0.2) is 4.98 Å². The second-order valence-corrected chi connectivity index (χ2v) is 1.75. The number of nitrogens with one attached hydrogen (secondary N) is 2. The van der Waals surface area contributed by atoms with Gasteiger partial charge in [-0.1, -0.05) is 0 Å². The molecule has 54 valence electrons. The molecular formula is C5H6N3O2-. The van der Waals surface area contributed by atoms with Gasteiger partial charge in [0.05, 0.1) is 5.69 Å². The lowest BCUT2D eigenvalue weighted by molar-refractivity contribution is 1.25. The maximum atomic E-state index is 10.5. The van der Waals surface area contributed by atoms with Gasteiger partial charge in [-0.05, 0) is 6.07 Å². The van der Waals surface area contributed by atoms with E-state index in [4.69, 9.17) is 5.73 Å². The van der Waals surface area contributed by atoms with Crippen molar-refractivity contribution in [3.05, 3.63) is 27.7 Å². The lowest BCUT2D eigenvalue weighted by Gasteiger charge is -2.09. The zero-order valence-corrected chi connectivity index (χ0v) is 5.05. The smallest absolute Gasteiger partial charge is 0.249 e. The minimum absolute atomic E-state index is 0.0579. The molecule has 1 rings (SSSR count). The molecule has 0 aromatic carbocycles. The summed E-state index contributed by atoms with van der Waals surface area (Å²) in [5, 5.41) is 10.0. The minimum atomic E-state index is -0.323. The highest BCUT2D eigenvalue weighted by Crippen LogP contribution is 2.09. The Morgan fingerprint density at radius 3 is 2.80 bits per heavy atom. The maximum Gasteiger partial charge on any atom is 0.249 e. The highest BCUT2D eigenvalue weighted by atomic mass is 16.5. The summed E-state index contributed by atoms with van der Waals surface area (Å²) in [4.78, 5) is 12.7. The Morgan fingerprint density at radius 1 is 1.60 bits per heavy atom. The van der Waals surface area contributed by atoms with Crippen molar-refractivity contribution in [2.24, 2.45) is 0 Å². The largest absolute Gasteiger partial charge is 0.761 e. The lowest BCUT2D eigenvalue weighted by Crippen LogP contribution is -2.08. The summed E-state index contributed by atoms with van der Waals surface area (Å²) in [5.74, 6) is 0.0579. The molecule has 0 saturated heterocycles. The summed E-state index contributed by atoms with van der Waals surface area (Å²) in [6.45, 7) is 0. The maximum absolute atomic E-state index is 10.5. The second-order valence-electron chi connectivity index (χ2n) is 1.75. The van der Waals surface area contributed by atoms with E-state index in [1.807, 2.05) is 0 Å². The van der Waals surface area contributed by atoms with Crippen LogP contribution in [0.1, 0.15) is 0 Å². The molecule has 1 aromatic heterocycles. The van der Waals surface area contributed by atoms with Crippen LogP contribution in [0.4, 0.5) is 11.5 Å². The molecule has 0 fully saturated rings. The fraction of sp³-hybridized carbons (Fsp3) is 0. The number of hydrogen-bond donors (Lipinski definition) is 3. The highest BCUT2D eigenvalue weighted by Gasteiger charge is 1.91. The number of aromatic nitrogens is 1. The van der Waals surface area contributed by atoms with E-state index >= 15 is 0 Å². The molecule has 0 spiro atoms. The first-order chi connectivity index (χ1) is 4.74. The van der Waals surface area contributed by atoms with Gasteiger partial charge in [0.15, 0.2) is 0 Å². The van der Waals surface area contributed by atoms with Gasteiger partial charge in [-0.2, -0.15) is 0 Å². The molecule has 0 aliphatic rings. The van der Waals surface area contributed by atoms with E-state index in [2.05, 4.69) is 4.98 Å². The topological polar surface area (TPSA) is 94.0 Å². The van der Waals surface area contributed by atoms with E-state index in [-0.39, 0.29) is 17.1 Å². The molecule has 1 aromatic rings. The molecular weight excluding hydrogens is 134 g/mol. The fourth-order valence-electron chi connectivity index (χ4n) is 0.580. The summed E-state index contributed by atoms with van der Waals surface area (Å²) in [6, 6.07) is 2.54. The number of H-pyrrole nitrogens is 1. The third-order valence-electron chi connectivity index (χ3n) is 1.06. The van der Waals surface area contributed by atoms with Crippen molar-refractivity contribution in [1.29, 1.82) is 0 Å². The highest BCUT2D eigenvalue weighted by molar-refractivity contribution is 5.61. The van der Waals surface area contributed by atoms with Crippen LogP contribution < -0.4 is 16.8 Å². The first-order valence-electron chi connectivity index (χ1n) is 2.61. The first-order valence-corrected chi connectivity index (χ1v) is 2.61. The van der Waals surface area contributed by atoms with Gasteiger partial charge < -0.3 is 21.4 Å². The number of pyridine rings is 1. The molecule has 5 heteroatoms. The second kappa shape index (κ2) is 2.40. The third-order valence-corrected chi connectivity index (χ3v) is 1.06. The van der Waals surface area contributed by atoms with Crippen LogP contribution >= 0.6 is 0 Å². The van der Waals surface area contributed by atoms with E-state index in [0.717, 1.165) is 0 Å². The molecule has 0 radical (unpaired) electrons. The number of anilines is 2. The summed E-state index contributed by atoms with van der Waals surface area (Å²) >= 11 is 0.